The standard InChI is InChI=1S/C13H12F3NO2/c1-3-9(4-2)17-11-6-5-8(13(14,15)16)7-10(11)12(18)19/h1,5-7,9,17H,4H2,2H3,(H,18,19). The number of carbonyl (C=O) groups is 1. The first-order chi connectivity index (χ1) is 8.79. The molecule has 0 aromatic heterocycles. The molecule has 0 saturated heterocycles. The van der Waals surface area contributed by atoms with Gasteiger partial charge >= 0.3 is 12.1 Å². The number of aromatic carboxylic acids is 1. The lowest BCUT2D eigenvalue weighted by atomic mass is 10.1. The molecule has 2 N–H and O–H groups in total. The fourth-order valence-electron chi connectivity index (χ4n) is 1.47. The van der Waals surface area contributed by atoms with Crippen LogP contribution in [0.15, 0.2) is 18.2 Å². The van der Waals surface area contributed by atoms with E-state index >= 15 is 0 Å². The third-order valence-corrected chi connectivity index (χ3v) is 2.52. The second-order valence-electron chi connectivity index (χ2n) is 3.84. The van der Waals surface area contributed by atoms with Gasteiger partial charge in [-0.25, -0.2) is 4.79 Å². The summed E-state index contributed by atoms with van der Waals surface area (Å²) < 4.78 is 37.5. The van der Waals surface area contributed by atoms with Crippen molar-refractivity contribution in [3.63, 3.8) is 0 Å². The first kappa shape index (κ1) is 14.9. The lowest BCUT2D eigenvalue weighted by Gasteiger charge is -2.16. The number of halogens is 3. The highest BCUT2D eigenvalue weighted by Crippen LogP contribution is 2.32. The molecule has 1 rings (SSSR count). The van der Waals surface area contributed by atoms with Gasteiger partial charge in [0.1, 0.15) is 0 Å². The molecule has 0 aliphatic rings. The highest BCUT2D eigenvalue weighted by Gasteiger charge is 2.31. The Labute approximate surface area is 108 Å². The van der Waals surface area contributed by atoms with Gasteiger partial charge in [-0.3, -0.25) is 0 Å². The summed E-state index contributed by atoms with van der Waals surface area (Å²) in [6.45, 7) is 1.78. The zero-order chi connectivity index (χ0) is 14.6. The molecule has 102 valence electrons. The maximum Gasteiger partial charge on any atom is 0.416 e. The molecule has 19 heavy (non-hydrogen) atoms. The lowest BCUT2D eigenvalue weighted by molar-refractivity contribution is -0.137. The largest absolute Gasteiger partial charge is 0.478 e. The summed E-state index contributed by atoms with van der Waals surface area (Å²) in [5.41, 5.74) is -1.39. The third-order valence-electron chi connectivity index (χ3n) is 2.52. The number of nitrogens with one attached hydrogen (secondary N) is 1. The average molecular weight is 271 g/mol. The maximum atomic E-state index is 12.5. The van der Waals surface area contributed by atoms with Crippen LogP contribution in [0, 0.1) is 12.3 Å². The second-order valence-corrected chi connectivity index (χ2v) is 3.84. The van der Waals surface area contributed by atoms with Crippen molar-refractivity contribution in [2.75, 3.05) is 5.32 Å². The van der Waals surface area contributed by atoms with Crippen molar-refractivity contribution in [3.8, 4) is 12.3 Å². The Kier molecular flexibility index (Phi) is 4.43. The Balaban J connectivity index is 3.20. The van der Waals surface area contributed by atoms with Gasteiger partial charge in [0.05, 0.1) is 17.2 Å². The summed E-state index contributed by atoms with van der Waals surface area (Å²) in [6, 6.07) is 2.05. The lowest BCUT2D eigenvalue weighted by Crippen LogP contribution is -2.18. The summed E-state index contributed by atoms with van der Waals surface area (Å²) in [7, 11) is 0. The number of hydrogen-bond donors (Lipinski definition) is 2. The molecule has 0 bridgehead atoms. The predicted molar refractivity (Wildman–Crippen MR) is 64.9 cm³/mol. The molecule has 0 aliphatic carbocycles. The first-order valence-corrected chi connectivity index (χ1v) is 5.46. The SMILES string of the molecule is C#CC(CC)Nc1ccc(C(F)(F)F)cc1C(=O)O. The first-order valence-electron chi connectivity index (χ1n) is 5.46. The highest BCUT2D eigenvalue weighted by atomic mass is 19.4. The van der Waals surface area contributed by atoms with Crippen molar-refractivity contribution < 1.29 is 23.1 Å². The van der Waals surface area contributed by atoms with Crippen molar-refractivity contribution in [2.45, 2.75) is 25.6 Å². The molecule has 0 aliphatic heterocycles. The number of hydrogen-bond acceptors (Lipinski definition) is 2. The quantitative estimate of drug-likeness (QED) is 0.827. The van der Waals surface area contributed by atoms with Crippen LogP contribution in [0.1, 0.15) is 29.3 Å². The van der Waals surface area contributed by atoms with E-state index in [4.69, 9.17) is 11.5 Å². The fourth-order valence-corrected chi connectivity index (χ4v) is 1.47. The number of anilines is 1. The number of terminal acetylenes is 1. The fraction of sp³-hybridized carbons (Fsp3) is 0.308. The van der Waals surface area contributed by atoms with Gasteiger partial charge in [-0.2, -0.15) is 13.2 Å². The second kappa shape index (κ2) is 5.65. The maximum absolute atomic E-state index is 12.5. The van der Waals surface area contributed by atoms with Gasteiger partial charge in [0, 0.05) is 5.69 Å². The number of alkyl halides is 3. The Hall–Kier alpha value is -2.16. The molecule has 1 aromatic rings. The average Bonchev–Trinajstić information content (AvgIpc) is 2.34. The molecule has 0 fully saturated rings. The molecule has 0 saturated carbocycles. The highest BCUT2D eigenvalue weighted by molar-refractivity contribution is 5.94. The van der Waals surface area contributed by atoms with Crippen molar-refractivity contribution in [1.82, 2.24) is 0 Å². The van der Waals surface area contributed by atoms with Crippen LogP contribution in [0.3, 0.4) is 0 Å². The van der Waals surface area contributed by atoms with Crippen LogP contribution in [0.5, 0.6) is 0 Å². The number of benzene rings is 1. The predicted octanol–water partition coefficient (Wildman–Crippen LogP) is 3.23. The van der Waals surface area contributed by atoms with Crippen molar-refractivity contribution in [2.24, 2.45) is 0 Å². The van der Waals surface area contributed by atoms with Crippen LogP contribution in [0.2, 0.25) is 0 Å². The van der Waals surface area contributed by atoms with Gasteiger partial charge in [-0.05, 0) is 24.6 Å². The van der Waals surface area contributed by atoms with Crippen LogP contribution in [0.25, 0.3) is 0 Å². The Bertz CT molecular complexity index is 518. The van der Waals surface area contributed by atoms with Crippen LogP contribution in [-0.2, 0) is 6.18 Å². The minimum Gasteiger partial charge on any atom is -0.478 e. The molecule has 1 atom stereocenters. The van der Waals surface area contributed by atoms with E-state index in [-0.39, 0.29) is 5.69 Å². The molecule has 0 amide bonds. The minimum atomic E-state index is -4.58. The molecule has 0 heterocycles. The molecule has 0 spiro atoms. The van der Waals surface area contributed by atoms with Gasteiger partial charge in [0.25, 0.3) is 0 Å². The molecular weight excluding hydrogens is 259 g/mol. The van der Waals surface area contributed by atoms with Gasteiger partial charge in [-0.1, -0.05) is 12.8 Å². The minimum absolute atomic E-state index is 0.0744. The summed E-state index contributed by atoms with van der Waals surface area (Å²) >= 11 is 0. The van der Waals surface area contributed by atoms with Gasteiger partial charge < -0.3 is 10.4 Å². The zero-order valence-electron chi connectivity index (χ0n) is 10.1. The van der Waals surface area contributed by atoms with E-state index < -0.39 is 29.3 Å². The normalized spacial score (nSPS) is 12.6. The Morgan fingerprint density at radius 3 is 2.58 bits per heavy atom. The Morgan fingerprint density at radius 2 is 2.16 bits per heavy atom. The smallest absolute Gasteiger partial charge is 0.416 e. The third kappa shape index (κ3) is 3.65. The topological polar surface area (TPSA) is 49.3 Å². The zero-order valence-corrected chi connectivity index (χ0v) is 10.1. The van der Waals surface area contributed by atoms with Crippen molar-refractivity contribution >= 4 is 11.7 Å². The van der Waals surface area contributed by atoms with Crippen LogP contribution in [-0.4, -0.2) is 17.1 Å². The molecule has 1 unspecified atom stereocenters. The summed E-state index contributed by atoms with van der Waals surface area (Å²) in [5, 5.41) is 11.7. The number of rotatable bonds is 4. The van der Waals surface area contributed by atoms with E-state index in [1.54, 1.807) is 6.92 Å². The molecule has 6 heteroatoms. The molecule has 1 aromatic carbocycles. The van der Waals surface area contributed by atoms with Crippen LogP contribution in [0.4, 0.5) is 18.9 Å². The van der Waals surface area contributed by atoms with Crippen LogP contribution < -0.4 is 5.32 Å². The monoisotopic (exact) mass is 271 g/mol. The summed E-state index contributed by atoms with van der Waals surface area (Å²) in [6.07, 6.45) is 1.16. The number of carboxylic acids is 1. The molecule has 3 nitrogen and oxygen atoms in total. The molecule has 0 radical (unpaired) electrons. The number of carboxylic acid groups (broad SMARTS) is 1. The summed E-state index contributed by atoms with van der Waals surface area (Å²) in [5.74, 6) is 0.941. The van der Waals surface area contributed by atoms with E-state index in [2.05, 4.69) is 11.2 Å². The van der Waals surface area contributed by atoms with Crippen molar-refractivity contribution in [1.29, 1.82) is 0 Å². The van der Waals surface area contributed by atoms with Gasteiger partial charge in [-0.15, -0.1) is 6.42 Å². The van der Waals surface area contributed by atoms with Gasteiger partial charge in [0.2, 0.25) is 0 Å². The molecular formula is C13H12F3NO2. The van der Waals surface area contributed by atoms with E-state index in [1.807, 2.05) is 0 Å². The van der Waals surface area contributed by atoms with E-state index in [0.29, 0.717) is 12.5 Å². The van der Waals surface area contributed by atoms with E-state index in [9.17, 15) is 18.0 Å². The van der Waals surface area contributed by atoms with E-state index in [0.717, 1.165) is 12.1 Å². The van der Waals surface area contributed by atoms with E-state index in [1.165, 1.54) is 0 Å². The summed E-state index contributed by atoms with van der Waals surface area (Å²) in [4.78, 5) is 11.0. The van der Waals surface area contributed by atoms with Crippen LogP contribution >= 0.6 is 0 Å². The van der Waals surface area contributed by atoms with Gasteiger partial charge in [0.15, 0.2) is 0 Å². The Morgan fingerprint density at radius 1 is 1.53 bits per heavy atom. The van der Waals surface area contributed by atoms with Crippen molar-refractivity contribution in [3.05, 3.63) is 29.3 Å².